The molecule has 0 radical (unpaired) electrons. The van der Waals surface area contributed by atoms with Crippen molar-refractivity contribution in [2.45, 2.75) is 79.2 Å². The van der Waals surface area contributed by atoms with Gasteiger partial charge in [0.2, 0.25) is 0 Å². The molecule has 0 unspecified atom stereocenters. The fourth-order valence-electron chi connectivity index (χ4n) is 6.02. The van der Waals surface area contributed by atoms with Crippen LogP contribution in [0.4, 0.5) is 11.4 Å². The van der Waals surface area contributed by atoms with Crippen molar-refractivity contribution < 1.29 is 0 Å². The lowest BCUT2D eigenvalue weighted by atomic mass is 9.81. The first kappa shape index (κ1) is 25.3. The van der Waals surface area contributed by atoms with E-state index >= 15 is 0 Å². The second-order valence-electron chi connectivity index (χ2n) is 12.6. The molecule has 0 heterocycles. The smallest absolute Gasteiger partial charge is 0.0451 e. The molecule has 0 atom stereocenters. The summed E-state index contributed by atoms with van der Waals surface area (Å²) in [6, 6.07) is 29.7. The lowest BCUT2D eigenvalue weighted by molar-refractivity contribution is 0.558. The molecule has 1 aliphatic carbocycles. The Morgan fingerprint density at radius 3 is 1.95 bits per heavy atom. The van der Waals surface area contributed by atoms with Gasteiger partial charge in [0, 0.05) is 22.3 Å². The quantitative estimate of drug-likeness (QED) is 0.277. The van der Waals surface area contributed by atoms with Crippen LogP contribution in [0.15, 0.2) is 78.9 Å². The van der Waals surface area contributed by atoms with E-state index < -0.39 is 0 Å². The number of nitrogens with zero attached hydrogens (tertiary/aromatic N) is 1. The number of benzene rings is 4. The summed E-state index contributed by atoms with van der Waals surface area (Å²) in [5, 5.41) is 0. The predicted octanol–water partition coefficient (Wildman–Crippen LogP) is 10.3. The van der Waals surface area contributed by atoms with Crippen LogP contribution in [0.1, 0.15) is 82.2 Å². The molecule has 0 bridgehead atoms. The Morgan fingerprint density at radius 2 is 1.30 bits per heavy atom. The lowest BCUT2D eigenvalue weighted by Gasteiger charge is -2.40. The molecule has 0 fully saturated rings. The summed E-state index contributed by atoms with van der Waals surface area (Å²) < 4.78 is 0. The van der Waals surface area contributed by atoms with Crippen molar-refractivity contribution >= 4 is 11.4 Å². The maximum absolute atomic E-state index is 2.56. The maximum Gasteiger partial charge on any atom is 0.0451 e. The molecule has 0 saturated heterocycles. The molecule has 0 N–H and O–H groups in total. The summed E-state index contributed by atoms with van der Waals surface area (Å²) in [7, 11) is 0. The predicted molar refractivity (Wildman–Crippen MR) is 161 cm³/mol. The minimum Gasteiger partial charge on any atom is -0.336 e. The van der Waals surface area contributed by atoms with Gasteiger partial charge >= 0.3 is 0 Å². The van der Waals surface area contributed by atoms with Crippen LogP contribution in [-0.2, 0) is 5.41 Å². The third-order valence-corrected chi connectivity index (χ3v) is 8.15. The van der Waals surface area contributed by atoms with E-state index in [1.807, 2.05) is 0 Å². The van der Waals surface area contributed by atoms with Crippen LogP contribution in [0, 0.1) is 13.8 Å². The SMILES string of the molecule is Cc1ccc(-c2ccccc2)cc1N(c1cc2c(cc1C)C(C)(C)c1ccc(C(C)C)cc1-2)C(C)(C)C. The molecule has 190 valence electrons. The van der Waals surface area contributed by atoms with Crippen molar-refractivity contribution in [3.8, 4) is 22.3 Å². The molecular weight excluding hydrogens is 446 g/mol. The fraction of sp³-hybridized carbons (Fsp3) is 0.333. The minimum absolute atomic E-state index is 0.000822. The van der Waals surface area contributed by atoms with E-state index in [1.54, 1.807) is 0 Å². The van der Waals surface area contributed by atoms with E-state index in [4.69, 9.17) is 0 Å². The molecular formula is C36H41N. The van der Waals surface area contributed by atoms with Gasteiger partial charge in [-0.1, -0.05) is 94.4 Å². The van der Waals surface area contributed by atoms with Crippen molar-refractivity contribution in [3.05, 3.63) is 107 Å². The molecule has 0 saturated carbocycles. The van der Waals surface area contributed by atoms with Crippen LogP contribution in [0.25, 0.3) is 22.3 Å². The van der Waals surface area contributed by atoms with Crippen molar-refractivity contribution in [2.75, 3.05) is 4.90 Å². The molecule has 0 spiro atoms. The fourth-order valence-corrected chi connectivity index (χ4v) is 6.02. The molecule has 37 heavy (non-hydrogen) atoms. The highest BCUT2D eigenvalue weighted by molar-refractivity contribution is 5.87. The average molecular weight is 488 g/mol. The van der Waals surface area contributed by atoms with Gasteiger partial charge in [-0.05, 0) is 103 Å². The summed E-state index contributed by atoms with van der Waals surface area (Å²) >= 11 is 0. The number of anilines is 2. The third-order valence-electron chi connectivity index (χ3n) is 8.15. The van der Waals surface area contributed by atoms with E-state index in [2.05, 4.69) is 146 Å². The molecule has 0 aromatic heterocycles. The van der Waals surface area contributed by atoms with Crippen molar-refractivity contribution in [1.29, 1.82) is 0 Å². The topological polar surface area (TPSA) is 3.24 Å². The van der Waals surface area contributed by atoms with E-state index in [9.17, 15) is 0 Å². The van der Waals surface area contributed by atoms with E-state index in [0.29, 0.717) is 5.92 Å². The Bertz CT molecular complexity index is 1470. The molecule has 0 amide bonds. The molecule has 1 nitrogen and oxygen atoms in total. The molecule has 5 rings (SSSR count). The third kappa shape index (κ3) is 4.29. The van der Waals surface area contributed by atoms with Gasteiger partial charge in [0.1, 0.15) is 0 Å². The Kier molecular flexibility index (Phi) is 6.10. The van der Waals surface area contributed by atoms with Gasteiger partial charge < -0.3 is 4.90 Å². The largest absolute Gasteiger partial charge is 0.336 e. The van der Waals surface area contributed by atoms with E-state index in [1.165, 1.54) is 61.4 Å². The molecule has 1 aliphatic rings. The Balaban J connectivity index is 1.73. The van der Waals surface area contributed by atoms with Crippen LogP contribution < -0.4 is 4.90 Å². The van der Waals surface area contributed by atoms with Gasteiger partial charge in [-0.15, -0.1) is 0 Å². The first-order valence-corrected chi connectivity index (χ1v) is 13.7. The van der Waals surface area contributed by atoms with E-state index in [0.717, 1.165) is 0 Å². The van der Waals surface area contributed by atoms with Gasteiger partial charge in [-0.2, -0.15) is 0 Å². The van der Waals surface area contributed by atoms with Gasteiger partial charge in [0.05, 0.1) is 0 Å². The van der Waals surface area contributed by atoms with Crippen LogP contribution in [0.3, 0.4) is 0 Å². The van der Waals surface area contributed by atoms with Crippen molar-refractivity contribution in [2.24, 2.45) is 0 Å². The highest BCUT2D eigenvalue weighted by atomic mass is 15.2. The Hall–Kier alpha value is -3.32. The standard InChI is InChI=1S/C36H41N/c1-23(2)27-17-18-31-29(20-27)30-22-34(25(4)19-32(30)36(31,8)9)37(35(5,6)7)33-21-28(16-15-24(33)3)26-13-11-10-12-14-26/h10-23H,1-9H3. The molecule has 1 heteroatoms. The zero-order chi connectivity index (χ0) is 26.7. The van der Waals surface area contributed by atoms with Crippen LogP contribution in [0.5, 0.6) is 0 Å². The monoisotopic (exact) mass is 487 g/mol. The van der Waals surface area contributed by atoms with Crippen molar-refractivity contribution in [1.82, 2.24) is 0 Å². The molecule has 4 aromatic carbocycles. The summed E-state index contributed by atoms with van der Waals surface area (Å²) in [5.74, 6) is 0.511. The number of aryl methyl sites for hydroxylation is 2. The van der Waals surface area contributed by atoms with Crippen LogP contribution in [0.2, 0.25) is 0 Å². The maximum atomic E-state index is 2.56. The second kappa shape index (κ2) is 8.91. The summed E-state index contributed by atoms with van der Waals surface area (Å²) in [6.07, 6.45) is 0. The van der Waals surface area contributed by atoms with Crippen LogP contribution in [-0.4, -0.2) is 5.54 Å². The summed E-state index contributed by atoms with van der Waals surface area (Å²) in [4.78, 5) is 2.56. The normalized spacial score (nSPS) is 14.0. The number of hydrogen-bond donors (Lipinski definition) is 0. The van der Waals surface area contributed by atoms with Gasteiger partial charge in [0.25, 0.3) is 0 Å². The summed E-state index contributed by atoms with van der Waals surface area (Å²) in [6.45, 7) is 20.8. The first-order valence-electron chi connectivity index (χ1n) is 13.7. The van der Waals surface area contributed by atoms with Crippen LogP contribution >= 0.6 is 0 Å². The zero-order valence-corrected chi connectivity index (χ0v) is 24.0. The molecule has 4 aromatic rings. The highest BCUT2D eigenvalue weighted by Gasteiger charge is 2.37. The lowest BCUT2D eigenvalue weighted by Crippen LogP contribution is -2.38. The van der Waals surface area contributed by atoms with Gasteiger partial charge in [-0.25, -0.2) is 0 Å². The minimum atomic E-state index is -0.101. The summed E-state index contributed by atoms with van der Waals surface area (Å²) in [5.41, 5.74) is 14.6. The Labute approximate surface area is 224 Å². The average Bonchev–Trinajstić information content (AvgIpc) is 3.06. The highest BCUT2D eigenvalue weighted by Crippen LogP contribution is 2.52. The molecule has 0 aliphatic heterocycles. The van der Waals surface area contributed by atoms with Gasteiger partial charge in [0.15, 0.2) is 0 Å². The van der Waals surface area contributed by atoms with Crippen molar-refractivity contribution in [3.63, 3.8) is 0 Å². The van der Waals surface area contributed by atoms with E-state index in [-0.39, 0.29) is 11.0 Å². The number of fused-ring (bicyclic) bond motifs is 3. The Morgan fingerprint density at radius 1 is 0.649 bits per heavy atom. The van der Waals surface area contributed by atoms with Gasteiger partial charge in [-0.3, -0.25) is 0 Å². The second-order valence-corrected chi connectivity index (χ2v) is 12.6. The number of hydrogen-bond acceptors (Lipinski definition) is 1. The first-order chi connectivity index (χ1) is 17.4. The number of rotatable bonds is 4. The zero-order valence-electron chi connectivity index (χ0n) is 24.0.